The summed E-state index contributed by atoms with van der Waals surface area (Å²) in [4.78, 5) is 0. The first kappa shape index (κ1) is 14.4. The number of benzene rings is 1. The average molecular weight is 276 g/mol. The number of hydrogen-bond acceptors (Lipinski definition) is 5. The van der Waals surface area contributed by atoms with Crippen LogP contribution in [0.3, 0.4) is 0 Å². The topological polar surface area (TPSA) is 69.7 Å². The third-order valence-electron chi connectivity index (χ3n) is 3.22. The molecule has 108 valence electrons. The number of aryl methyl sites for hydroxylation is 1. The van der Waals surface area contributed by atoms with Crippen molar-refractivity contribution in [1.29, 1.82) is 0 Å². The van der Waals surface area contributed by atoms with Crippen LogP contribution in [0.25, 0.3) is 0 Å². The lowest BCUT2D eigenvalue weighted by Gasteiger charge is -2.16. The fourth-order valence-corrected chi connectivity index (χ4v) is 2.11. The molecule has 5 nitrogen and oxygen atoms in total. The van der Waals surface area contributed by atoms with Gasteiger partial charge in [-0.3, -0.25) is 5.84 Å². The molecule has 5 heteroatoms. The molecule has 0 aliphatic rings. The fourth-order valence-electron chi connectivity index (χ4n) is 2.11. The molecule has 0 saturated heterocycles. The van der Waals surface area contributed by atoms with Crippen LogP contribution >= 0.6 is 0 Å². The summed E-state index contributed by atoms with van der Waals surface area (Å²) in [5, 5.41) is 0. The third-order valence-corrected chi connectivity index (χ3v) is 3.22. The van der Waals surface area contributed by atoms with Gasteiger partial charge in [0.1, 0.15) is 17.6 Å². The summed E-state index contributed by atoms with van der Waals surface area (Å²) in [7, 11) is 3.21. The molecule has 0 radical (unpaired) electrons. The lowest BCUT2D eigenvalue weighted by atomic mass is 10.0. The van der Waals surface area contributed by atoms with Crippen molar-refractivity contribution < 1.29 is 13.9 Å². The second-order valence-electron chi connectivity index (χ2n) is 4.37. The molecule has 0 amide bonds. The van der Waals surface area contributed by atoms with Crippen LogP contribution in [-0.4, -0.2) is 14.2 Å². The van der Waals surface area contributed by atoms with Gasteiger partial charge in [0.05, 0.1) is 14.2 Å². The normalized spacial score (nSPS) is 12.2. The Morgan fingerprint density at radius 3 is 2.45 bits per heavy atom. The summed E-state index contributed by atoms with van der Waals surface area (Å²) in [6.45, 7) is 2.05. The summed E-state index contributed by atoms with van der Waals surface area (Å²) < 4.78 is 16.3. The maximum Gasteiger partial charge on any atom is 0.161 e. The Balaban J connectivity index is 2.36. The van der Waals surface area contributed by atoms with Crippen LogP contribution in [0, 0.1) is 0 Å². The van der Waals surface area contributed by atoms with Gasteiger partial charge < -0.3 is 13.9 Å². The van der Waals surface area contributed by atoms with E-state index in [4.69, 9.17) is 19.7 Å². The zero-order valence-corrected chi connectivity index (χ0v) is 12.0. The van der Waals surface area contributed by atoms with E-state index < -0.39 is 0 Å². The Labute approximate surface area is 118 Å². The summed E-state index contributed by atoms with van der Waals surface area (Å²) >= 11 is 0. The van der Waals surface area contributed by atoms with Gasteiger partial charge in [-0.05, 0) is 29.8 Å². The second-order valence-corrected chi connectivity index (χ2v) is 4.37. The molecule has 1 aromatic heterocycles. The smallest absolute Gasteiger partial charge is 0.161 e. The fraction of sp³-hybridized carbons (Fsp3) is 0.333. The lowest BCUT2D eigenvalue weighted by molar-refractivity contribution is 0.353. The molecule has 0 fully saturated rings. The standard InChI is InChI=1S/C15H20N2O3/c1-4-11-6-8-13(20-11)15(17-16)10-5-7-12(18-2)14(9-10)19-3/h5-9,15,17H,4,16H2,1-3H3. The number of ether oxygens (including phenoxy) is 2. The molecular weight excluding hydrogens is 256 g/mol. The van der Waals surface area contributed by atoms with E-state index in [1.165, 1.54) is 0 Å². The number of nitrogens with two attached hydrogens (primary N) is 1. The molecule has 0 aliphatic carbocycles. The highest BCUT2D eigenvalue weighted by atomic mass is 16.5. The van der Waals surface area contributed by atoms with Crippen molar-refractivity contribution >= 4 is 0 Å². The van der Waals surface area contributed by atoms with E-state index in [-0.39, 0.29) is 6.04 Å². The predicted octanol–water partition coefficient (Wildman–Crippen LogP) is 2.41. The van der Waals surface area contributed by atoms with E-state index in [2.05, 4.69) is 5.43 Å². The Kier molecular flexibility index (Phi) is 4.65. The monoisotopic (exact) mass is 276 g/mol. The Morgan fingerprint density at radius 2 is 1.90 bits per heavy atom. The predicted molar refractivity (Wildman–Crippen MR) is 76.8 cm³/mol. The van der Waals surface area contributed by atoms with E-state index in [9.17, 15) is 0 Å². The van der Waals surface area contributed by atoms with E-state index >= 15 is 0 Å². The van der Waals surface area contributed by atoms with Crippen molar-refractivity contribution in [1.82, 2.24) is 5.43 Å². The van der Waals surface area contributed by atoms with Crippen LogP contribution in [0.1, 0.15) is 30.0 Å². The van der Waals surface area contributed by atoms with Crippen LogP contribution in [0.2, 0.25) is 0 Å². The summed E-state index contributed by atoms with van der Waals surface area (Å²) in [6, 6.07) is 9.33. The molecule has 0 bridgehead atoms. The van der Waals surface area contributed by atoms with Gasteiger partial charge >= 0.3 is 0 Å². The molecular formula is C15H20N2O3. The lowest BCUT2D eigenvalue weighted by Crippen LogP contribution is -2.28. The first-order chi connectivity index (χ1) is 9.73. The number of methoxy groups -OCH3 is 2. The molecule has 0 spiro atoms. The summed E-state index contributed by atoms with van der Waals surface area (Å²) in [6.07, 6.45) is 0.850. The van der Waals surface area contributed by atoms with Gasteiger partial charge in [0.25, 0.3) is 0 Å². The van der Waals surface area contributed by atoms with Crippen LogP contribution in [0.15, 0.2) is 34.7 Å². The first-order valence-electron chi connectivity index (χ1n) is 6.50. The molecule has 1 unspecified atom stereocenters. The Morgan fingerprint density at radius 1 is 1.15 bits per heavy atom. The summed E-state index contributed by atoms with van der Waals surface area (Å²) in [5.74, 6) is 8.71. The van der Waals surface area contributed by atoms with Gasteiger partial charge in [0.2, 0.25) is 0 Å². The van der Waals surface area contributed by atoms with E-state index in [0.29, 0.717) is 11.5 Å². The van der Waals surface area contributed by atoms with E-state index in [1.807, 2.05) is 37.3 Å². The van der Waals surface area contributed by atoms with E-state index in [1.54, 1.807) is 14.2 Å². The zero-order chi connectivity index (χ0) is 14.5. The molecule has 1 aromatic carbocycles. The molecule has 0 aliphatic heterocycles. The van der Waals surface area contributed by atoms with Gasteiger partial charge in [-0.2, -0.15) is 0 Å². The van der Waals surface area contributed by atoms with Crippen molar-refractivity contribution in [2.24, 2.45) is 5.84 Å². The van der Waals surface area contributed by atoms with Crippen molar-refractivity contribution in [3.63, 3.8) is 0 Å². The van der Waals surface area contributed by atoms with Crippen molar-refractivity contribution in [2.45, 2.75) is 19.4 Å². The van der Waals surface area contributed by atoms with Crippen molar-refractivity contribution in [3.8, 4) is 11.5 Å². The third kappa shape index (κ3) is 2.79. The minimum Gasteiger partial charge on any atom is -0.493 e. The largest absolute Gasteiger partial charge is 0.493 e. The quantitative estimate of drug-likeness (QED) is 0.626. The highest BCUT2D eigenvalue weighted by Gasteiger charge is 2.18. The van der Waals surface area contributed by atoms with Crippen molar-refractivity contribution in [2.75, 3.05) is 14.2 Å². The number of furan rings is 1. The number of hydrogen-bond donors (Lipinski definition) is 2. The molecule has 2 rings (SSSR count). The highest BCUT2D eigenvalue weighted by Crippen LogP contribution is 2.32. The van der Waals surface area contributed by atoms with Gasteiger partial charge in [-0.1, -0.05) is 13.0 Å². The molecule has 1 heterocycles. The minimum absolute atomic E-state index is 0.227. The number of rotatable bonds is 6. The second kappa shape index (κ2) is 6.45. The zero-order valence-electron chi connectivity index (χ0n) is 12.0. The first-order valence-corrected chi connectivity index (χ1v) is 6.50. The van der Waals surface area contributed by atoms with E-state index in [0.717, 1.165) is 23.5 Å². The minimum atomic E-state index is -0.227. The Hall–Kier alpha value is -1.98. The van der Waals surface area contributed by atoms with Crippen LogP contribution in [0.4, 0.5) is 0 Å². The number of nitrogens with one attached hydrogen (secondary N) is 1. The van der Waals surface area contributed by atoms with Crippen LogP contribution in [-0.2, 0) is 6.42 Å². The summed E-state index contributed by atoms with van der Waals surface area (Å²) in [5.41, 5.74) is 3.72. The van der Waals surface area contributed by atoms with Crippen LogP contribution < -0.4 is 20.7 Å². The number of hydrazine groups is 1. The van der Waals surface area contributed by atoms with Gasteiger partial charge in [0.15, 0.2) is 11.5 Å². The maximum atomic E-state index is 5.76. The maximum absolute atomic E-state index is 5.76. The Bertz CT molecular complexity index is 566. The van der Waals surface area contributed by atoms with Gasteiger partial charge in [-0.15, -0.1) is 0 Å². The molecule has 1 atom stereocenters. The van der Waals surface area contributed by atoms with Gasteiger partial charge in [-0.25, -0.2) is 5.43 Å². The molecule has 0 saturated carbocycles. The van der Waals surface area contributed by atoms with Gasteiger partial charge in [0, 0.05) is 6.42 Å². The van der Waals surface area contributed by atoms with Crippen LogP contribution in [0.5, 0.6) is 11.5 Å². The average Bonchev–Trinajstić information content (AvgIpc) is 2.96. The van der Waals surface area contributed by atoms with Crippen molar-refractivity contribution in [3.05, 3.63) is 47.4 Å². The SMILES string of the molecule is CCc1ccc(C(NN)c2ccc(OC)c(OC)c2)o1. The highest BCUT2D eigenvalue weighted by molar-refractivity contribution is 5.45. The molecule has 2 aromatic rings. The molecule has 3 N–H and O–H groups in total. The molecule has 20 heavy (non-hydrogen) atoms.